The molecule has 1 heterocycles. The highest BCUT2D eigenvalue weighted by Crippen LogP contribution is 2.36. The Labute approximate surface area is 202 Å². The van der Waals surface area contributed by atoms with Crippen molar-refractivity contribution in [3.05, 3.63) is 71.3 Å². The van der Waals surface area contributed by atoms with Crippen LogP contribution in [-0.2, 0) is 19.9 Å². The van der Waals surface area contributed by atoms with E-state index in [0.717, 1.165) is 4.90 Å². The number of amides is 4. The maximum absolute atomic E-state index is 13.3. The highest BCUT2D eigenvalue weighted by atomic mass is 35.5. The molecule has 10 nitrogen and oxygen atoms in total. The van der Waals surface area contributed by atoms with Gasteiger partial charge in [-0.25, -0.2) is 4.79 Å². The maximum atomic E-state index is 13.3. The molecule has 0 spiro atoms. The second-order valence-corrected chi connectivity index (χ2v) is 7.92. The molecule has 180 valence electrons. The summed E-state index contributed by atoms with van der Waals surface area (Å²) in [5, 5.41) is 19.3. The Hall–Kier alpha value is -3.92. The molecule has 2 unspecified atom stereocenters. The number of halogens is 1. The van der Waals surface area contributed by atoms with Crippen molar-refractivity contribution in [3.8, 4) is 0 Å². The molecule has 0 aliphatic carbocycles. The van der Waals surface area contributed by atoms with Crippen molar-refractivity contribution in [1.82, 2.24) is 15.1 Å². The summed E-state index contributed by atoms with van der Waals surface area (Å²) in [4.78, 5) is 52.2. The van der Waals surface area contributed by atoms with Crippen LogP contribution in [0.2, 0.25) is 0 Å². The van der Waals surface area contributed by atoms with Gasteiger partial charge in [-0.2, -0.15) is 0 Å². The van der Waals surface area contributed by atoms with Gasteiger partial charge in [0.2, 0.25) is 5.91 Å². The molecule has 3 rings (SSSR count). The van der Waals surface area contributed by atoms with Crippen LogP contribution in [0.3, 0.4) is 0 Å². The molecule has 11 heteroatoms. The minimum atomic E-state index is -1.35. The number of carbonyl (C=O) groups is 4. The number of aliphatic carboxylic acids is 1. The van der Waals surface area contributed by atoms with Gasteiger partial charge in [0.1, 0.15) is 17.9 Å². The number of nitrogens with two attached hydrogens (primary N) is 1. The fourth-order valence-corrected chi connectivity index (χ4v) is 3.79. The summed E-state index contributed by atoms with van der Waals surface area (Å²) in [6.07, 6.45) is -0.349. The number of rotatable bonds is 8. The van der Waals surface area contributed by atoms with E-state index in [2.05, 4.69) is 5.32 Å². The summed E-state index contributed by atoms with van der Waals surface area (Å²) in [7, 11) is 1.47. The van der Waals surface area contributed by atoms with Crippen LogP contribution in [0.15, 0.2) is 54.6 Å². The van der Waals surface area contributed by atoms with Crippen molar-refractivity contribution >= 4 is 42.1 Å². The zero-order valence-electron chi connectivity index (χ0n) is 18.6. The van der Waals surface area contributed by atoms with Gasteiger partial charge in [-0.1, -0.05) is 54.6 Å². The summed E-state index contributed by atoms with van der Waals surface area (Å²) in [6.45, 7) is 1.02. The van der Waals surface area contributed by atoms with Gasteiger partial charge < -0.3 is 21.1 Å². The van der Waals surface area contributed by atoms with Gasteiger partial charge in [0.15, 0.2) is 0 Å². The Bertz CT molecular complexity index is 1110. The first-order valence-electron chi connectivity index (χ1n) is 10.2. The standard InChI is InChI=1S/C23H25N5O5.ClH/c1-23(16-10-8-15(9-11-16)20(24)25)21(32)28(22(33)27(23)2)13-18(29)26-17(12-19(30)31)14-6-4-3-5-7-14;/h3-11,17H,12-13H2,1-2H3,(H3,24,25)(H,26,29)(H,30,31);1H. The quantitative estimate of drug-likeness (QED) is 0.253. The number of likely N-dealkylation sites (N-methyl/N-ethyl adjacent to an activating group) is 1. The lowest BCUT2D eigenvalue weighted by atomic mass is 9.90. The number of urea groups is 1. The van der Waals surface area contributed by atoms with Crippen LogP contribution in [0.4, 0.5) is 4.79 Å². The predicted octanol–water partition coefficient (Wildman–Crippen LogP) is 1.83. The molecule has 0 bridgehead atoms. The number of carbonyl (C=O) groups excluding carboxylic acids is 3. The largest absolute Gasteiger partial charge is 0.481 e. The molecule has 2 aromatic rings. The van der Waals surface area contributed by atoms with Crippen molar-refractivity contribution in [2.45, 2.75) is 24.9 Å². The lowest BCUT2D eigenvalue weighted by Gasteiger charge is -2.29. The van der Waals surface area contributed by atoms with Gasteiger partial charge >= 0.3 is 12.0 Å². The van der Waals surface area contributed by atoms with Crippen molar-refractivity contribution in [2.75, 3.05) is 13.6 Å². The predicted molar refractivity (Wildman–Crippen MR) is 127 cm³/mol. The number of nitrogen functional groups attached to an aromatic ring is 1. The number of carboxylic acid groups (broad SMARTS) is 1. The van der Waals surface area contributed by atoms with Crippen molar-refractivity contribution < 1.29 is 24.3 Å². The Morgan fingerprint density at radius 3 is 2.24 bits per heavy atom. The molecule has 1 saturated heterocycles. The summed E-state index contributed by atoms with van der Waals surface area (Å²) >= 11 is 0. The van der Waals surface area contributed by atoms with Crippen LogP contribution in [-0.4, -0.2) is 58.1 Å². The maximum Gasteiger partial charge on any atom is 0.328 e. The number of amidine groups is 1. The summed E-state index contributed by atoms with van der Waals surface area (Å²) in [5.74, 6) is -2.47. The lowest BCUT2D eigenvalue weighted by Crippen LogP contribution is -2.44. The number of benzene rings is 2. The highest BCUT2D eigenvalue weighted by Gasteiger charge is 2.54. The first kappa shape index (κ1) is 26.3. The third-order valence-corrected chi connectivity index (χ3v) is 5.83. The number of hydrogen-bond donors (Lipinski definition) is 4. The van der Waals surface area contributed by atoms with Gasteiger partial charge in [0, 0.05) is 12.6 Å². The van der Waals surface area contributed by atoms with E-state index in [1.54, 1.807) is 61.5 Å². The van der Waals surface area contributed by atoms with E-state index in [1.807, 2.05) is 0 Å². The number of nitrogens with zero attached hydrogens (tertiary/aromatic N) is 2. The van der Waals surface area contributed by atoms with E-state index in [0.29, 0.717) is 16.7 Å². The Morgan fingerprint density at radius 1 is 1.12 bits per heavy atom. The zero-order chi connectivity index (χ0) is 24.3. The normalized spacial score (nSPS) is 18.3. The van der Waals surface area contributed by atoms with Crippen LogP contribution in [0.25, 0.3) is 0 Å². The van der Waals surface area contributed by atoms with E-state index < -0.39 is 41.9 Å². The topological polar surface area (TPSA) is 157 Å². The molecule has 0 saturated carbocycles. The molecule has 0 aromatic heterocycles. The number of nitrogens with one attached hydrogen (secondary N) is 2. The van der Waals surface area contributed by atoms with Gasteiger partial charge in [0.05, 0.1) is 12.5 Å². The van der Waals surface area contributed by atoms with Gasteiger partial charge in [-0.15, -0.1) is 12.4 Å². The second kappa shape index (κ2) is 10.3. The summed E-state index contributed by atoms with van der Waals surface area (Å²) in [5.41, 5.74) is 5.70. The molecule has 2 aromatic carbocycles. The first-order chi connectivity index (χ1) is 15.6. The third kappa shape index (κ3) is 5.01. The van der Waals surface area contributed by atoms with Crippen molar-refractivity contribution in [1.29, 1.82) is 5.41 Å². The van der Waals surface area contributed by atoms with E-state index >= 15 is 0 Å². The molecule has 0 radical (unpaired) electrons. The minimum absolute atomic E-state index is 0. The molecular formula is C23H26ClN5O5. The average molecular weight is 488 g/mol. The van der Waals surface area contributed by atoms with Gasteiger partial charge in [0.25, 0.3) is 5.91 Å². The smallest absolute Gasteiger partial charge is 0.328 e. The van der Waals surface area contributed by atoms with Crippen LogP contribution in [0.1, 0.15) is 36.1 Å². The zero-order valence-corrected chi connectivity index (χ0v) is 19.5. The van der Waals surface area contributed by atoms with E-state index in [9.17, 15) is 24.3 Å². The second-order valence-electron chi connectivity index (χ2n) is 7.92. The third-order valence-electron chi connectivity index (χ3n) is 5.83. The van der Waals surface area contributed by atoms with E-state index in [1.165, 1.54) is 11.9 Å². The van der Waals surface area contributed by atoms with Crippen molar-refractivity contribution in [2.24, 2.45) is 5.73 Å². The fourth-order valence-electron chi connectivity index (χ4n) is 3.79. The molecule has 2 atom stereocenters. The lowest BCUT2D eigenvalue weighted by molar-refractivity contribution is -0.139. The Morgan fingerprint density at radius 2 is 1.71 bits per heavy atom. The fraction of sp³-hybridized carbons (Fsp3) is 0.261. The molecule has 1 fully saturated rings. The summed E-state index contributed by atoms with van der Waals surface area (Å²) < 4.78 is 0. The highest BCUT2D eigenvalue weighted by molar-refractivity contribution is 6.09. The van der Waals surface area contributed by atoms with Crippen LogP contribution >= 0.6 is 12.4 Å². The van der Waals surface area contributed by atoms with Gasteiger partial charge in [-0.05, 0) is 18.1 Å². The molecule has 4 amide bonds. The first-order valence-corrected chi connectivity index (χ1v) is 10.2. The molecule has 34 heavy (non-hydrogen) atoms. The number of carboxylic acids is 1. The molecule has 1 aliphatic rings. The van der Waals surface area contributed by atoms with Crippen LogP contribution in [0.5, 0.6) is 0 Å². The minimum Gasteiger partial charge on any atom is -0.481 e. The van der Waals surface area contributed by atoms with Crippen LogP contribution < -0.4 is 11.1 Å². The molecule has 5 N–H and O–H groups in total. The SMILES string of the molecule is CN1C(=O)N(CC(=O)NC(CC(=O)O)c2ccccc2)C(=O)C1(C)c1ccc(C(=N)N)cc1.Cl. The average Bonchev–Trinajstić information content (AvgIpc) is 2.95. The molecular weight excluding hydrogens is 462 g/mol. The monoisotopic (exact) mass is 487 g/mol. The molecule has 1 aliphatic heterocycles. The number of imide groups is 1. The Balaban J connectivity index is 0.00000408. The van der Waals surface area contributed by atoms with E-state index in [4.69, 9.17) is 11.1 Å². The Kier molecular flexibility index (Phi) is 8.01. The van der Waals surface area contributed by atoms with Crippen molar-refractivity contribution in [3.63, 3.8) is 0 Å². The van der Waals surface area contributed by atoms with Crippen LogP contribution in [0, 0.1) is 5.41 Å². The number of hydrogen-bond acceptors (Lipinski definition) is 5. The summed E-state index contributed by atoms with van der Waals surface area (Å²) in [6, 6.07) is 13.5. The van der Waals surface area contributed by atoms with E-state index in [-0.39, 0.29) is 24.7 Å². The van der Waals surface area contributed by atoms with Gasteiger partial charge in [-0.3, -0.25) is 24.7 Å².